The minimum Gasteiger partial charge on any atom is -0.309 e. The van der Waals surface area contributed by atoms with E-state index in [2.05, 4.69) is 23.9 Å². The maximum atomic E-state index is 13.0. The van der Waals surface area contributed by atoms with Crippen LogP contribution in [-0.4, -0.2) is 27.2 Å². The van der Waals surface area contributed by atoms with Gasteiger partial charge in [0, 0.05) is 23.7 Å². The van der Waals surface area contributed by atoms with Gasteiger partial charge in [0.2, 0.25) is 0 Å². The molecule has 0 bridgehead atoms. The van der Waals surface area contributed by atoms with Crippen molar-refractivity contribution in [3.63, 3.8) is 0 Å². The Kier molecular flexibility index (Phi) is 4.34. The van der Waals surface area contributed by atoms with E-state index in [0.717, 1.165) is 22.4 Å². The number of para-hydroxylation sites is 1. The molecule has 0 N–H and O–H groups in total. The van der Waals surface area contributed by atoms with Crippen molar-refractivity contribution in [1.82, 2.24) is 14.8 Å². The van der Waals surface area contributed by atoms with E-state index in [1.807, 2.05) is 54.9 Å². The molecule has 0 atom stereocenters. The number of amides is 1. The zero-order chi connectivity index (χ0) is 17.3. The lowest BCUT2D eigenvalue weighted by Gasteiger charge is -2.21. The van der Waals surface area contributed by atoms with Gasteiger partial charge in [-0.3, -0.25) is 4.79 Å². The van der Waals surface area contributed by atoms with Gasteiger partial charge in [-0.25, -0.2) is 9.67 Å². The minimum absolute atomic E-state index is 0.0344. The van der Waals surface area contributed by atoms with Gasteiger partial charge < -0.3 is 4.90 Å². The Bertz CT molecular complexity index is 868. The first-order valence-electron chi connectivity index (χ1n) is 8.24. The number of aromatic nitrogens is 3. The maximum Gasteiger partial charge on any atom is 0.260 e. The second-order valence-corrected chi connectivity index (χ2v) is 6.10. The number of fused-ring (bicyclic) bond motifs is 1. The fourth-order valence-corrected chi connectivity index (χ4v) is 2.86. The van der Waals surface area contributed by atoms with Crippen molar-refractivity contribution in [2.24, 2.45) is 0 Å². The number of hydrogen-bond donors (Lipinski definition) is 0. The second-order valence-electron chi connectivity index (χ2n) is 6.10. The van der Waals surface area contributed by atoms with Crippen LogP contribution < -0.4 is 4.90 Å². The molecule has 0 aliphatic heterocycles. The molecule has 0 radical (unpaired) electrons. The molecular weight excluding hydrogens is 300 g/mol. The van der Waals surface area contributed by atoms with E-state index in [0.29, 0.717) is 12.1 Å². The molecule has 5 nitrogen and oxygen atoms in total. The third kappa shape index (κ3) is 2.77. The summed E-state index contributed by atoms with van der Waals surface area (Å²) >= 11 is 0. The van der Waals surface area contributed by atoms with Crippen LogP contribution in [0.1, 0.15) is 42.9 Å². The monoisotopic (exact) mass is 322 g/mol. The van der Waals surface area contributed by atoms with Crippen LogP contribution in [0.5, 0.6) is 0 Å². The predicted octanol–water partition coefficient (Wildman–Crippen LogP) is 3.99. The summed E-state index contributed by atoms with van der Waals surface area (Å²) in [6, 6.07) is 11.8. The summed E-state index contributed by atoms with van der Waals surface area (Å²) < 4.78 is 1.88. The van der Waals surface area contributed by atoms with Gasteiger partial charge in [0.05, 0.1) is 17.5 Å². The molecule has 3 rings (SSSR count). The van der Waals surface area contributed by atoms with Crippen LogP contribution in [0.25, 0.3) is 11.0 Å². The highest BCUT2D eigenvalue weighted by molar-refractivity contribution is 6.08. The van der Waals surface area contributed by atoms with Crippen molar-refractivity contribution in [2.45, 2.75) is 33.7 Å². The molecule has 0 aliphatic carbocycles. The Morgan fingerprint density at radius 3 is 2.58 bits per heavy atom. The standard InChI is InChI=1S/C19H22N4O/c1-5-22(16-9-7-6-8-10-16)19(24)17-11-15-12-20-23(13(2)3)18(15)21-14(17)4/h6-13H,5H2,1-4H3. The fraction of sp³-hybridized carbons (Fsp3) is 0.316. The van der Waals surface area contributed by atoms with Gasteiger partial charge in [0.25, 0.3) is 5.91 Å². The molecule has 1 amide bonds. The molecule has 5 heteroatoms. The number of carbonyl (C=O) groups is 1. The average Bonchev–Trinajstić information content (AvgIpc) is 2.98. The normalized spacial score (nSPS) is 11.2. The molecule has 0 saturated heterocycles. The van der Waals surface area contributed by atoms with Gasteiger partial charge in [-0.05, 0) is 45.9 Å². The first-order valence-corrected chi connectivity index (χ1v) is 8.24. The molecule has 124 valence electrons. The number of pyridine rings is 1. The van der Waals surface area contributed by atoms with E-state index in [1.54, 1.807) is 11.1 Å². The van der Waals surface area contributed by atoms with Crippen molar-refractivity contribution < 1.29 is 4.79 Å². The van der Waals surface area contributed by atoms with Gasteiger partial charge >= 0.3 is 0 Å². The van der Waals surface area contributed by atoms with Crippen molar-refractivity contribution in [3.8, 4) is 0 Å². The summed E-state index contributed by atoms with van der Waals surface area (Å²) in [5, 5.41) is 5.28. The Morgan fingerprint density at radius 2 is 1.96 bits per heavy atom. The Labute approximate surface area is 141 Å². The quantitative estimate of drug-likeness (QED) is 0.730. The first kappa shape index (κ1) is 16.2. The van der Waals surface area contributed by atoms with Crippen LogP contribution >= 0.6 is 0 Å². The molecule has 0 aliphatic rings. The number of aryl methyl sites for hydroxylation is 1. The van der Waals surface area contributed by atoms with E-state index < -0.39 is 0 Å². The van der Waals surface area contributed by atoms with Crippen LogP contribution in [0.15, 0.2) is 42.6 Å². The Morgan fingerprint density at radius 1 is 1.25 bits per heavy atom. The largest absolute Gasteiger partial charge is 0.309 e. The molecule has 2 heterocycles. The number of hydrogen-bond acceptors (Lipinski definition) is 3. The van der Waals surface area contributed by atoms with Crippen molar-refractivity contribution in [1.29, 1.82) is 0 Å². The van der Waals surface area contributed by atoms with E-state index in [9.17, 15) is 4.79 Å². The summed E-state index contributed by atoms with van der Waals surface area (Å²) in [5.74, 6) is -0.0344. The topological polar surface area (TPSA) is 51.0 Å². The average molecular weight is 322 g/mol. The predicted molar refractivity (Wildman–Crippen MR) is 96.4 cm³/mol. The first-order chi connectivity index (χ1) is 11.5. The van der Waals surface area contributed by atoms with Crippen LogP contribution in [0.3, 0.4) is 0 Å². The SMILES string of the molecule is CCN(C(=O)c1cc2cnn(C(C)C)c2nc1C)c1ccccc1. The molecule has 0 spiro atoms. The Hall–Kier alpha value is -2.69. The maximum absolute atomic E-state index is 13.0. The fourth-order valence-electron chi connectivity index (χ4n) is 2.86. The van der Waals surface area contributed by atoms with Crippen LogP contribution in [0, 0.1) is 6.92 Å². The summed E-state index contributed by atoms with van der Waals surface area (Å²) in [6.07, 6.45) is 1.78. The zero-order valence-corrected chi connectivity index (χ0v) is 14.5. The number of benzene rings is 1. The highest BCUT2D eigenvalue weighted by Gasteiger charge is 2.20. The summed E-state index contributed by atoms with van der Waals surface area (Å²) in [5.41, 5.74) is 3.06. The third-order valence-corrected chi connectivity index (χ3v) is 4.11. The molecule has 0 unspecified atom stereocenters. The number of anilines is 1. The van der Waals surface area contributed by atoms with E-state index in [-0.39, 0.29) is 11.9 Å². The molecule has 0 saturated carbocycles. The lowest BCUT2D eigenvalue weighted by Crippen LogP contribution is -2.31. The highest BCUT2D eigenvalue weighted by Crippen LogP contribution is 2.22. The second kappa shape index (κ2) is 6.43. The molecule has 3 aromatic rings. The van der Waals surface area contributed by atoms with E-state index in [4.69, 9.17) is 0 Å². The number of carbonyl (C=O) groups excluding carboxylic acids is 1. The Balaban J connectivity index is 2.05. The number of nitrogens with zero attached hydrogens (tertiary/aromatic N) is 4. The molecule has 2 aromatic heterocycles. The van der Waals surface area contributed by atoms with E-state index in [1.165, 1.54) is 0 Å². The molecular formula is C19H22N4O. The van der Waals surface area contributed by atoms with Crippen LogP contribution in [0.2, 0.25) is 0 Å². The summed E-state index contributed by atoms with van der Waals surface area (Å²) in [6.45, 7) is 8.59. The van der Waals surface area contributed by atoms with Gasteiger partial charge in [-0.2, -0.15) is 5.10 Å². The van der Waals surface area contributed by atoms with Crippen LogP contribution in [0.4, 0.5) is 5.69 Å². The molecule has 24 heavy (non-hydrogen) atoms. The van der Waals surface area contributed by atoms with Gasteiger partial charge in [-0.15, -0.1) is 0 Å². The lowest BCUT2D eigenvalue weighted by molar-refractivity contribution is 0.0987. The lowest BCUT2D eigenvalue weighted by atomic mass is 10.1. The zero-order valence-electron chi connectivity index (χ0n) is 14.5. The summed E-state index contributed by atoms with van der Waals surface area (Å²) in [7, 11) is 0. The number of rotatable bonds is 4. The van der Waals surface area contributed by atoms with Crippen molar-refractivity contribution in [3.05, 3.63) is 53.9 Å². The highest BCUT2D eigenvalue weighted by atomic mass is 16.2. The van der Waals surface area contributed by atoms with Crippen LogP contribution in [-0.2, 0) is 0 Å². The van der Waals surface area contributed by atoms with Gasteiger partial charge in [0.15, 0.2) is 5.65 Å². The van der Waals surface area contributed by atoms with E-state index >= 15 is 0 Å². The van der Waals surface area contributed by atoms with Gasteiger partial charge in [-0.1, -0.05) is 18.2 Å². The van der Waals surface area contributed by atoms with Crippen molar-refractivity contribution in [2.75, 3.05) is 11.4 Å². The minimum atomic E-state index is -0.0344. The smallest absolute Gasteiger partial charge is 0.260 e. The molecule has 1 aromatic carbocycles. The van der Waals surface area contributed by atoms with Gasteiger partial charge in [0.1, 0.15) is 0 Å². The molecule has 0 fully saturated rings. The summed E-state index contributed by atoms with van der Waals surface area (Å²) in [4.78, 5) is 19.4. The van der Waals surface area contributed by atoms with Crippen molar-refractivity contribution >= 4 is 22.6 Å². The third-order valence-electron chi connectivity index (χ3n) is 4.11.